The third kappa shape index (κ3) is 3.88. The van der Waals surface area contributed by atoms with Gasteiger partial charge < -0.3 is 4.57 Å². The molecule has 0 saturated carbocycles. The molecule has 0 fully saturated rings. The second kappa shape index (κ2) is 6.40. The average molecular weight is 321 g/mol. The Labute approximate surface area is 132 Å². The Hall–Kier alpha value is -2.37. The Morgan fingerprint density at radius 2 is 1.48 bits per heavy atom. The zero-order chi connectivity index (χ0) is 17.2. The molecule has 1 aromatic carbocycles. The molecule has 3 nitrogen and oxygen atoms in total. The molecule has 6 heteroatoms. The minimum Gasteiger partial charge on any atom is -0.348 e. The lowest BCUT2D eigenvalue weighted by Crippen LogP contribution is -2.04. The molecule has 3 rings (SSSR count). The Kier molecular flexibility index (Phi) is 4.73. The van der Waals surface area contributed by atoms with Crippen LogP contribution in [0.2, 0.25) is 0 Å². The van der Waals surface area contributed by atoms with Crippen LogP contribution in [0.3, 0.4) is 0 Å². The molecule has 0 amide bonds. The second-order valence-electron chi connectivity index (χ2n) is 5.34. The van der Waals surface area contributed by atoms with E-state index in [0.717, 1.165) is 28.5 Å². The van der Waals surface area contributed by atoms with E-state index in [1.165, 1.54) is 12.1 Å². The highest BCUT2D eigenvalue weighted by Crippen LogP contribution is 2.31. The quantitative estimate of drug-likeness (QED) is 0.606. The predicted molar refractivity (Wildman–Crippen MR) is 84.2 cm³/mol. The molecule has 2 aromatic heterocycles. The van der Waals surface area contributed by atoms with Gasteiger partial charge in [-0.2, -0.15) is 13.2 Å². The van der Waals surface area contributed by atoms with E-state index >= 15 is 0 Å². The molecule has 2 heterocycles. The van der Waals surface area contributed by atoms with Crippen LogP contribution in [-0.4, -0.2) is 14.5 Å². The van der Waals surface area contributed by atoms with E-state index in [1.54, 1.807) is 24.0 Å². The van der Waals surface area contributed by atoms with E-state index < -0.39 is 11.7 Å². The van der Waals surface area contributed by atoms with Gasteiger partial charge in [-0.3, -0.25) is 9.97 Å². The maximum atomic E-state index is 12.4. The van der Waals surface area contributed by atoms with Gasteiger partial charge >= 0.3 is 6.18 Å². The second-order valence-corrected chi connectivity index (χ2v) is 5.34. The smallest absolute Gasteiger partial charge is 0.348 e. The molecule has 0 N–H and O–H groups in total. The van der Waals surface area contributed by atoms with Crippen LogP contribution in [0.1, 0.15) is 22.6 Å². The molecule has 0 aliphatic carbocycles. The third-order valence-electron chi connectivity index (χ3n) is 3.74. The summed E-state index contributed by atoms with van der Waals surface area (Å²) < 4.78 is 39.1. The van der Waals surface area contributed by atoms with Gasteiger partial charge in [-0.1, -0.05) is 6.07 Å². The highest BCUT2D eigenvalue weighted by molar-refractivity contribution is 5.82. The van der Waals surface area contributed by atoms with E-state index in [-0.39, 0.29) is 0 Å². The first-order valence-corrected chi connectivity index (χ1v) is 7.07. The van der Waals surface area contributed by atoms with Gasteiger partial charge in [-0.15, -0.1) is 0 Å². The monoisotopic (exact) mass is 321 g/mol. The van der Waals surface area contributed by atoms with Crippen molar-refractivity contribution in [1.29, 1.82) is 0 Å². The highest BCUT2D eigenvalue weighted by atomic mass is 19.4. The van der Waals surface area contributed by atoms with Crippen molar-refractivity contribution in [3.05, 3.63) is 59.3 Å². The molecule has 23 heavy (non-hydrogen) atoms. The van der Waals surface area contributed by atoms with Crippen molar-refractivity contribution in [3.8, 4) is 0 Å². The zero-order valence-electron chi connectivity index (χ0n) is 13.4. The van der Waals surface area contributed by atoms with Gasteiger partial charge in [-0.05, 0) is 44.4 Å². The van der Waals surface area contributed by atoms with Crippen LogP contribution in [0, 0.1) is 20.8 Å². The van der Waals surface area contributed by atoms with Gasteiger partial charge in [0.15, 0.2) is 0 Å². The maximum Gasteiger partial charge on any atom is 0.416 e. The number of alkyl halides is 3. The van der Waals surface area contributed by atoms with Crippen LogP contribution < -0.4 is 0 Å². The van der Waals surface area contributed by atoms with Gasteiger partial charge in [0, 0.05) is 30.7 Å². The number of rotatable bonds is 0. The first-order chi connectivity index (χ1) is 10.7. The van der Waals surface area contributed by atoms with Crippen LogP contribution in [0.4, 0.5) is 13.2 Å². The van der Waals surface area contributed by atoms with Crippen molar-refractivity contribution >= 4 is 10.9 Å². The van der Waals surface area contributed by atoms with Gasteiger partial charge in [0.05, 0.1) is 17.0 Å². The Morgan fingerprint density at radius 1 is 0.913 bits per heavy atom. The molecule has 0 aliphatic rings. The number of fused-ring (bicyclic) bond motifs is 1. The Balaban J connectivity index is 0.000000203. The lowest BCUT2D eigenvalue weighted by Gasteiger charge is -2.07. The summed E-state index contributed by atoms with van der Waals surface area (Å²) in [6.07, 6.45) is -0.878. The van der Waals surface area contributed by atoms with E-state index in [4.69, 9.17) is 0 Å². The number of hydrogen-bond donors (Lipinski definition) is 0. The molecule has 0 spiro atoms. The molecule has 0 aliphatic heterocycles. The predicted octanol–water partition coefficient (Wildman–Crippen LogP) is 4.60. The van der Waals surface area contributed by atoms with E-state index in [9.17, 15) is 13.2 Å². The summed E-state index contributed by atoms with van der Waals surface area (Å²) in [5, 5.41) is 0.836. The van der Waals surface area contributed by atoms with Gasteiger partial charge in [0.1, 0.15) is 0 Å². The molecule has 0 saturated heterocycles. The molecule has 122 valence electrons. The topological polar surface area (TPSA) is 30.7 Å². The van der Waals surface area contributed by atoms with Crippen molar-refractivity contribution in [2.75, 3.05) is 0 Å². The zero-order valence-corrected chi connectivity index (χ0v) is 13.4. The largest absolute Gasteiger partial charge is 0.416 e. The summed E-state index contributed by atoms with van der Waals surface area (Å²) in [4.78, 5) is 8.03. The van der Waals surface area contributed by atoms with Crippen LogP contribution in [0.25, 0.3) is 10.9 Å². The number of benzene rings is 1. The van der Waals surface area contributed by atoms with Crippen molar-refractivity contribution in [3.63, 3.8) is 0 Å². The number of nitrogens with zero attached hydrogens (tertiary/aromatic N) is 3. The summed E-state index contributed by atoms with van der Waals surface area (Å²) in [6, 6.07) is 5.67. The Bertz CT molecular complexity index is 799. The number of hydrogen-bond acceptors (Lipinski definition) is 2. The fourth-order valence-electron chi connectivity index (χ4n) is 2.12. The van der Waals surface area contributed by atoms with Crippen molar-refractivity contribution in [1.82, 2.24) is 14.5 Å². The van der Waals surface area contributed by atoms with Crippen LogP contribution in [0.5, 0.6) is 0 Å². The maximum absolute atomic E-state index is 12.4. The van der Waals surface area contributed by atoms with Crippen LogP contribution in [0.15, 0.2) is 36.7 Å². The van der Waals surface area contributed by atoms with Crippen LogP contribution >= 0.6 is 0 Å². The summed E-state index contributed by atoms with van der Waals surface area (Å²) in [5.74, 6) is 0. The molecular formula is C17H18F3N3. The normalized spacial score (nSPS) is 11.3. The van der Waals surface area contributed by atoms with Crippen molar-refractivity contribution < 1.29 is 13.2 Å². The van der Waals surface area contributed by atoms with E-state index in [0.29, 0.717) is 5.52 Å². The average Bonchev–Trinajstić information content (AvgIpc) is 2.77. The first kappa shape index (κ1) is 17.0. The number of halogens is 3. The molecule has 0 radical (unpaired) electrons. The summed E-state index contributed by atoms with van der Waals surface area (Å²) in [7, 11) is 1.76. The molecule has 0 atom stereocenters. The highest BCUT2D eigenvalue weighted by Gasteiger charge is 2.30. The van der Waals surface area contributed by atoms with Gasteiger partial charge in [-0.25, -0.2) is 0 Å². The minimum atomic E-state index is -4.27. The lowest BCUT2D eigenvalue weighted by molar-refractivity contribution is -0.137. The van der Waals surface area contributed by atoms with Crippen molar-refractivity contribution in [2.24, 2.45) is 7.05 Å². The van der Waals surface area contributed by atoms with Crippen LogP contribution in [-0.2, 0) is 13.2 Å². The third-order valence-corrected chi connectivity index (χ3v) is 3.74. The standard InChI is InChI=1S/C11H10F3N.C6H8N2/c1-7-5-8-3-4-9(11(12,13)14)6-10(8)15(7)2;1-5-6(2)8-4-3-7-5/h3-6H,1-2H3;3-4H,1-2H3. The summed E-state index contributed by atoms with van der Waals surface area (Å²) >= 11 is 0. The number of aromatic nitrogens is 3. The van der Waals surface area contributed by atoms with E-state index in [1.807, 2.05) is 26.8 Å². The molecule has 0 unspecified atom stereocenters. The van der Waals surface area contributed by atoms with Gasteiger partial charge in [0.25, 0.3) is 0 Å². The molecule has 3 aromatic rings. The minimum absolute atomic E-state index is 0.601. The fourth-order valence-corrected chi connectivity index (χ4v) is 2.12. The van der Waals surface area contributed by atoms with E-state index in [2.05, 4.69) is 9.97 Å². The SMILES string of the molecule is Cc1cc2ccc(C(F)(F)F)cc2n1C.Cc1nccnc1C. The summed E-state index contributed by atoms with van der Waals surface area (Å²) in [6.45, 7) is 5.76. The number of aryl methyl sites for hydroxylation is 4. The Morgan fingerprint density at radius 3 is 1.96 bits per heavy atom. The molecule has 0 bridgehead atoms. The lowest BCUT2D eigenvalue weighted by atomic mass is 10.1. The van der Waals surface area contributed by atoms with Gasteiger partial charge in [0.2, 0.25) is 0 Å². The summed E-state index contributed by atoms with van der Waals surface area (Å²) in [5.41, 5.74) is 2.97. The van der Waals surface area contributed by atoms with Crippen molar-refractivity contribution in [2.45, 2.75) is 26.9 Å². The first-order valence-electron chi connectivity index (χ1n) is 7.07. The fraction of sp³-hybridized carbons (Fsp3) is 0.294. The molecular weight excluding hydrogens is 303 g/mol.